The molecule has 0 atom stereocenters. The zero-order valence-electron chi connectivity index (χ0n) is 14.2. The van der Waals surface area contributed by atoms with Crippen LogP contribution < -0.4 is 4.72 Å². The van der Waals surface area contributed by atoms with Gasteiger partial charge in [-0.1, -0.05) is 11.6 Å². The molecule has 140 valence electrons. The van der Waals surface area contributed by atoms with Gasteiger partial charge in [0.2, 0.25) is 0 Å². The van der Waals surface area contributed by atoms with Crippen molar-refractivity contribution in [2.75, 3.05) is 4.72 Å². The fraction of sp³-hybridized carbons (Fsp3) is 0. The molecule has 3 heterocycles. The third-order valence-electron chi connectivity index (χ3n) is 3.99. The SMILES string of the molecule is O=S(=O)(Nc1cc(-c2cnc3ncccc3c2)cnc1Cl)c1ccc(F)cc1. The summed E-state index contributed by atoms with van der Waals surface area (Å²) >= 11 is 6.07. The zero-order valence-corrected chi connectivity index (χ0v) is 15.7. The number of hydrogen-bond acceptors (Lipinski definition) is 5. The maximum atomic E-state index is 13.1. The van der Waals surface area contributed by atoms with Gasteiger partial charge < -0.3 is 0 Å². The predicted octanol–water partition coefficient (Wildman–Crippen LogP) is 4.29. The number of anilines is 1. The Kier molecular flexibility index (Phi) is 4.66. The first-order chi connectivity index (χ1) is 13.4. The van der Waals surface area contributed by atoms with E-state index in [2.05, 4.69) is 19.7 Å². The molecule has 4 aromatic rings. The van der Waals surface area contributed by atoms with E-state index in [1.54, 1.807) is 24.5 Å². The van der Waals surface area contributed by atoms with Gasteiger partial charge in [-0.2, -0.15) is 0 Å². The highest BCUT2D eigenvalue weighted by atomic mass is 35.5. The molecule has 0 saturated carbocycles. The van der Waals surface area contributed by atoms with Crippen LogP contribution in [0.4, 0.5) is 10.1 Å². The Balaban J connectivity index is 1.71. The Labute approximate surface area is 165 Å². The van der Waals surface area contributed by atoms with Crippen molar-refractivity contribution in [2.24, 2.45) is 0 Å². The minimum absolute atomic E-state index is 0.00940. The molecule has 1 aromatic carbocycles. The Bertz CT molecular complexity index is 1280. The summed E-state index contributed by atoms with van der Waals surface area (Å²) in [7, 11) is -3.95. The molecule has 4 rings (SSSR count). The number of fused-ring (bicyclic) bond motifs is 1. The number of sulfonamides is 1. The van der Waals surface area contributed by atoms with E-state index in [4.69, 9.17) is 11.6 Å². The predicted molar refractivity (Wildman–Crippen MR) is 105 cm³/mol. The monoisotopic (exact) mass is 414 g/mol. The minimum Gasteiger partial charge on any atom is -0.276 e. The number of rotatable bonds is 4. The van der Waals surface area contributed by atoms with E-state index in [1.807, 2.05) is 12.1 Å². The van der Waals surface area contributed by atoms with Gasteiger partial charge in [0.25, 0.3) is 10.0 Å². The summed E-state index contributed by atoms with van der Waals surface area (Å²) in [5, 5.41) is 0.827. The molecule has 3 aromatic heterocycles. The van der Waals surface area contributed by atoms with E-state index in [0.717, 1.165) is 23.1 Å². The first-order valence-electron chi connectivity index (χ1n) is 8.07. The third-order valence-corrected chi connectivity index (χ3v) is 5.68. The van der Waals surface area contributed by atoms with Crippen LogP contribution in [0.3, 0.4) is 0 Å². The van der Waals surface area contributed by atoms with Gasteiger partial charge in [-0.3, -0.25) is 4.72 Å². The molecule has 0 aliphatic carbocycles. The second-order valence-corrected chi connectivity index (χ2v) is 7.94. The van der Waals surface area contributed by atoms with E-state index < -0.39 is 15.8 Å². The van der Waals surface area contributed by atoms with Gasteiger partial charge in [0.05, 0.1) is 10.6 Å². The minimum atomic E-state index is -3.95. The molecule has 0 radical (unpaired) electrons. The van der Waals surface area contributed by atoms with Gasteiger partial charge in [-0.15, -0.1) is 0 Å². The van der Waals surface area contributed by atoms with Crippen LogP contribution in [0, 0.1) is 5.82 Å². The normalized spacial score (nSPS) is 11.5. The van der Waals surface area contributed by atoms with Gasteiger partial charge in [-0.05, 0) is 48.5 Å². The molecule has 0 saturated heterocycles. The van der Waals surface area contributed by atoms with Crippen molar-refractivity contribution in [3.05, 3.63) is 78.1 Å². The lowest BCUT2D eigenvalue weighted by atomic mass is 10.1. The highest BCUT2D eigenvalue weighted by Gasteiger charge is 2.17. The van der Waals surface area contributed by atoms with Gasteiger partial charge in [-0.25, -0.2) is 27.8 Å². The second-order valence-electron chi connectivity index (χ2n) is 5.90. The number of nitrogens with zero attached hydrogens (tertiary/aromatic N) is 3. The van der Waals surface area contributed by atoms with Gasteiger partial charge in [0.15, 0.2) is 10.8 Å². The Hall–Kier alpha value is -3.10. The van der Waals surface area contributed by atoms with Crippen LogP contribution >= 0.6 is 11.6 Å². The first-order valence-corrected chi connectivity index (χ1v) is 9.93. The van der Waals surface area contributed by atoms with Crippen LogP contribution in [0.1, 0.15) is 0 Å². The Morgan fingerprint density at radius 3 is 2.43 bits per heavy atom. The van der Waals surface area contributed by atoms with Gasteiger partial charge >= 0.3 is 0 Å². The van der Waals surface area contributed by atoms with Crippen LogP contribution in [0.25, 0.3) is 22.2 Å². The van der Waals surface area contributed by atoms with E-state index in [-0.39, 0.29) is 15.7 Å². The Morgan fingerprint density at radius 2 is 1.64 bits per heavy atom. The molecule has 0 spiro atoms. The van der Waals surface area contributed by atoms with Crippen LogP contribution in [-0.2, 0) is 10.0 Å². The Morgan fingerprint density at radius 1 is 0.929 bits per heavy atom. The quantitative estimate of drug-likeness (QED) is 0.503. The summed E-state index contributed by atoms with van der Waals surface area (Å²) in [6.45, 7) is 0. The molecular formula is C19H12ClFN4O2S. The lowest BCUT2D eigenvalue weighted by Crippen LogP contribution is -2.13. The first kappa shape index (κ1) is 18.3. The van der Waals surface area contributed by atoms with Crippen molar-refractivity contribution < 1.29 is 12.8 Å². The van der Waals surface area contributed by atoms with Crippen LogP contribution in [0.15, 0.2) is 72.0 Å². The van der Waals surface area contributed by atoms with Gasteiger partial charge in [0, 0.05) is 35.1 Å². The van der Waals surface area contributed by atoms with Gasteiger partial charge in [0.1, 0.15) is 5.82 Å². The number of nitrogens with one attached hydrogen (secondary N) is 1. The molecule has 0 aliphatic heterocycles. The molecule has 9 heteroatoms. The summed E-state index contributed by atoms with van der Waals surface area (Å²) < 4.78 is 40.5. The molecule has 0 bridgehead atoms. The number of aromatic nitrogens is 3. The highest BCUT2D eigenvalue weighted by molar-refractivity contribution is 7.92. The van der Waals surface area contributed by atoms with Crippen molar-refractivity contribution in [1.29, 1.82) is 0 Å². The summed E-state index contributed by atoms with van der Waals surface area (Å²) in [5.74, 6) is -0.529. The van der Waals surface area contributed by atoms with Crippen molar-refractivity contribution in [1.82, 2.24) is 15.0 Å². The van der Waals surface area contributed by atoms with Crippen molar-refractivity contribution in [2.45, 2.75) is 4.90 Å². The maximum Gasteiger partial charge on any atom is 0.261 e. The average Bonchev–Trinajstić information content (AvgIpc) is 2.69. The summed E-state index contributed by atoms with van der Waals surface area (Å²) in [6, 6.07) is 11.6. The molecule has 0 fully saturated rings. The van der Waals surface area contributed by atoms with Crippen LogP contribution in [0.5, 0.6) is 0 Å². The van der Waals surface area contributed by atoms with Crippen LogP contribution in [-0.4, -0.2) is 23.4 Å². The zero-order chi connectivity index (χ0) is 19.7. The topological polar surface area (TPSA) is 84.8 Å². The molecule has 0 aliphatic rings. The molecule has 6 nitrogen and oxygen atoms in total. The average molecular weight is 415 g/mol. The lowest BCUT2D eigenvalue weighted by molar-refractivity contribution is 0.599. The largest absolute Gasteiger partial charge is 0.276 e. The summed E-state index contributed by atoms with van der Waals surface area (Å²) in [6.07, 6.45) is 4.80. The number of halogens is 2. The number of benzene rings is 1. The molecule has 0 unspecified atom stereocenters. The van der Waals surface area contributed by atoms with Crippen molar-refractivity contribution in [3.8, 4) is 11.1 Å². The lowest BCUT2D eigenvalue weighted by Gasteiger charge is -2.11. The summed E-state index contributed by atoms with van der Waals surface area (Å²) in [4.78, 5) is 12.4. The second kappa shape index (κ2) is 7.14. The molecule has 0 amide bonds. The molecule has 1 N–H and O–H groups in total. The molecule has 28 heavy (non-hydrogen) atoms. The smallest absolute Gasteiger partial charge is 0.261 e. The van der Waals surface area contributed by atoms with E-state index in [9.17, 15) is 12.8 Å². The van der Waals surface area contributed by atoms with Crippen molar-refractivity contribution >= 4 is 38.3 Å². The fourth-order valence-corrected chi connectivity index (χ4v) is 3.88. The highest BCUT2D eigenvalue weighted by Crippen LogP contribution is 2.29. The van der Waals surface area contributed by atoms with E-state index in [0.29, 0.717) is 11.2 Å². The number of hydrogen-bond donors (Lipinski definition) is 1. The standard InChI is InChI=1S/C19H12ClFN4O2S/c20-18-17(25-28(26,27)16-5-3-15(21)4-6-16)9-14(10-23-18)13-8-12-2-1-7-22-19(12)24-11-13/h1-11,25H. The van der Waals surface area contributed by atoms with Crippen molar-refractivity contribution in [3.63, 3.8) is 0 Å². The van der Waals surface area contributed by atoms with E-state index in [1.165, 1.54) is 18.3 Å². The fourth-order valence-electron chi connectivity index (χ4n) is 2.62. The van der Waals surface area contributed by atoms with Crippen LogP contribution in [0.2, 0.25) is 5.15 Å². The molecular weight excluding hydrogens is 403 g/mol. The maximum absolute atomic E-state index is 13.1. The number of pyridine rings is 3. The third kappa shape index (κ3) is 3.64. The summed E-state index contributed by atoms with van der Waals surface area (Å²) in [5.41, 5.74) is 2.06. The van der Waals surface area contributed by atoms with E-state index >= 15 is 0 Å².